The number of rotatable bonds is 4. The van der Waals surface area contributed by atoms with Crippen molar-refractivity contribution in [3.05, 3.63) is 53.6 Å². The average molecular weight is 457 g/mol. The van der Waals surface area contributed by atoms with E-state index in [4.69, 9.17) is 15.4 Å². The fourth-order valence-electron chi connectivity index (χ4n) is 2.55. The fraction of sp³-hybridized carbons (Fsp3) is 0.118. The van der Waals surface area contributed by atoms with Gasteiger partial charge in [0.1, 0.15) is 5.52 Å². The van der Waals surface area contributed by atoms with Gasteiger partial charge in [-0.05, 0) is 30.3 Å². The van der Waals surface area contributed by atoms with Crippen LogP contribution in [0, 0.1) is 5.41 Å². The van der Waals surface area contributed by atoms with Crippen molar-refractivity contribution < 1.29 is 35.5 Å². The van der Waals surface area contributed by atoms with Gasteiger partial charge < -0.3 is 10.6 Å². The highest BCUT2D eigenvalue weighted by Gasteiger charge is 2.30. The van der Waals surface area contributed by atoms with Crippen molar-refractivity contribution in [2.45, 2.75) is 6.18 Å². The molecule has 0 atom stereocenters. The van der Waals surface area contributed by atoms with Gasteiger partial charge in [-0.3, -0.25) is 9.69 Å². The average Bonchev–Trinajstić information content (AvgIpc) is 3.01. The third-order valence-electron chi connectivity index (χ3n) is 3.78. The van der Waals surface area contributed by atoms with Crippen molar-refractivity contribution in [2.75, 3.05) is 6.26 Å². The van der Waals surface area contributed by atoms with Crippen LogP contribution in [0.25, 0.3) is 22.4 Å². The number of nitrogens with one attached hydrogen (secondary N) is 2. The van der Waals surface area contributed by atoms with Crippen LogP contribution in [-0.2, 0) is 21.1 Å². The maximum Gasteiger partial charge on any atom is 0.416 e. The molecule has 0 aliphatic carbocycles. The monoisotopic (exact) mass is 457 g/mol. The molecule has 4 N–H and O–H groups in total. The van der Waals surface area contributed by atoms with Gasteiger partial charge in [0.2, 0.25) is 5.96 Å². The zero-order valence-corrected chi connectivity index (χ0v) is 16.4. The zero-order valence-electron chi connectivity index (χ0n) is 15.6. The van der Waals surface area contributed by atoms with Crippen molar-refractivity contribution in [3.8, 4) is 11.4 Å². The largest absolute Gasteiger partial charge is 0.416 e. The predicted octanol–water partition coefficient (Wildman–Crippen LogP) is 1.67. The first-order valence-corrected chi connectivity index (χ1v) is 10.1. The number of halogens is 3. The SMILES string of the molecule is CS(=O)(=O)On1c(-c2ccc(C(F)(F)F)cc2)nc2cc(C(=O)ONC(=N)N)ccc21. The molecule has 164 valence electrons. The molecule has 3 aromatic rings. The first-order valence-electron chi connectivity index (χ1n) is 8.26. The van der Waals surface area contributed by atoms with E-state index in [0.717, 1.165) is 35.3 Å². The van der Waals surface area contributed by atoms with Gasteiger partial charge in [-0.25, -0.2) is 9.78 Å². The Balaban J connectivity index is 2.10. The predicted molar refractivity (Wildman–Crippen MR) is 102 cm³/mol. The maximum atomic E-state index is 12.8. The quantitative estimate of drug-likeness (QED) is 0.304. The molecule has 0 spiro atoms. The molecule has 0 aliphatic rings. The minimum atomic E-state index is -4.55. The summed E-state index contributed by atoms with van der Waals surface area (Å²) < 4.78 is 67.7. The molecule has 3 rings (SSSR count). The first-order chi connectivity index (χ1) is 14.3. The summed E-state index contributed by atoms with van der Waals surface area (Å²) in [7, 11) is -4.04. The van der Waals surface area contributed by atoms with E-state index in [9.17, 15) is 26.4 Å². The standard InChI is InChI=1S/C17H14F3N5O5S/c1-31(27,28)30-25-13-7-4-10(15(26)29-24-16(21)22)8-12(13)23-14(25)9-2-5-11(6-3-9)17(18,19)20/h2-8H,1H3,(H4,21,22,24). The number of fused-ring (bicyclic) bond motifs is 1. The number of hydrogen-bond acceptors (Lipinski definition) is 7. The van der Waals surface area contributed by atoms with E-state index in [-0.39, 0.29) is 28.0 Å². The number of benzene rings is 2. The van der Waals surface area contributed by atoms with Crippen LogP contribution in [0.5, 0.6) is 0 Å². The summed E-state index contributed by atoms with van der Waals surface area (Å²) in [5, 5.41) is 6.97. The molecule has 0 fully saturated rings. The Hall–Kier alpha value is -3.81. The Morgan fingerprint density at radius 1 is 1.19 bits per heavy atom. The summed E-state index contributed by atoms with van der Waals surface area (Å²) in [5.74, 6) is -1.63. The molecule has 0 unspecified atom stereocenters. The van der Waals surface area contributed by atoms with Gasteiger partial charge in [0.05, 0.1) is 22.9 Å². The highest BCUT2D eigenvalue weighted by atomic mass is 32.2. The molecule has 0 saturated carbocycles. The fourth-order valence-corrected chi connectivity index (χ4v) is 2.97. The molecule has 1 heterocycles. The van der Waals surface area contributed by atoms with Gasteiger partial charge in [0.25, 0.3) is 0 Å². The number of carbonyl (C=O) groups is 1. The third kappa shape index (κ3) is 5.03. The highest BCUT2D eigenvalue weighted by molar-refractivity contribution is 7.86. The van der Waals surface area contributed by atoms with Gasteiger partial charge in [0, 0.05) is 5.56 Å². The summed E-state index contributed by atoms with van der Waals surface area (Å²) in [6.07, 6.45) is -3.76. The lowest BCUT2D eigenvalue weighted by molar-refractivity contribution is -0.137. The van der Waals surface area contributed by atoms with Gasteiger partial charge in [-0.1, -0.05) is 12.1 Å². The molecule has 14 heteroatoms. The van der Waals surface area contributed by atoms with E-state index in [2.05, 4.69) is 9.82 Å². The summed E-state index contributed by atoms with van der Waals surface area (Å²) >= 11 is 0. The lowest BCUT2D eigenvalue weighted by Gasteiger charge is -2.10. The van der Waals surface area contributed by atoms with E-state index < -0.39 is 33.8 Å². The molecule has 0 radical (unpaired) electrons. The second-order valence-corrected chi connectivity index (χ2v) is 7.75. The summed E-state index contributed by atoms with van der Waals surface area (Å²) in [4.78, 5) is 20.8. The molecule has 0 aliphatic heterocycles. The molecule has 0 bridgehead atoms. The number of hydrogen-bond donors (Lipinski definition) is 3. The number of hydroxylamine groups is 1. The Bertz CT molecular complexity index is 1270. The Morgan fingerprint density at radius 2 is 1.84 bits per heavy atom. The number of aromatic nitrogens is 2. The molecular formula is C17H14F3N5O5S. The van der Waals surface area contributed by atoms with Crippen LogP contribution in [0.2, 0.25) is 0 Å². The number of alkyl halides is 3. The van der Waals surface area contributed by atoms with Gasteiger partial charge >= 0.3 is 22.3 Å². The van der Waals surface area contributed by atoms with Gasteiger partial charge in [-0.2, -0.15) is 27.1 Å². The van der Waals surface area contributed by atoms with Crippen LogP contribution >= 0.6 is 0 Å². The number of carbonyl (C=O) groups excluding carboxylic acids is 1. The summed E-state index contributed by atoms with van der Waals surface area (Å²) in [5.41, 5.74) is 6.33. The van der Waals surface area contributed by atoms with E-state index in [0.29, 0.717) is 0 Å². The number of nitrogens with zero attached hydrogens (tertiary/aromatic N) is 2. The molecule has 2 aromatic carbocycles. The first kappa shape index (κ1) is 21.9. The van der Waals surface area contributed by atoms with Crippen molar-refractivity contribution in [1.29, 1.82) is 5.41 Å². The second-order valence-electron chi connectivity index (χ2n) is 6.19. The van der Waals surface area contributed by atoms with E-state index >= 15 is 0 Å². The molecular weight excluding hydrogens is 443 g/mol. The topological polar surface area (TPSA) is 149 Å². The van der Waals surface area contributed by atoms with Crippen LogP contribution in [0.1, 0.15) is 15.9 Å². The van der Waals surface area contributed by atoms with Crippen LogP contribution in [0.4, 0.5) is 13.2 Å². The Labute approximate surface area is 172 Å². The third-order valence-corrected chi connectivity index (χ3v) is 4.20. The van der Waals surface area contributed by atoms with Crippen molar-refractivity contribution in [2.24, 2.45) is 5.73 Å². The lowest BCUT2D eigenvalue weighted by Crippen LogP contribution is -2.32. The lowest BCUT2D eigenvalue weighted by atomic mass is 10.1. The minimum absolute atomic E-state index is 0.0239. The normalized spacial score (nSPS) is 11.9. The van der Waals surface area contributed by atoms with E-state index in [1.165, 1.54) is 18.2 Å². The van der Waals surface area contributed by atoms with Crippen LogP contribution in [0.3, 0.4) is 0 Å². The van der Waals surface area contributed by atoms with Crippen LogP contribution in [-0.4, -0.2) is 36.3 Å². The van der Waals surface area contributed by atoms with Crippen molar-refractivity contribution in [1.82, 2.24) is 15.2 Å². The van der Waals surface area contributed by atoms with Crippen LogP contribution in [0.15, 0.2) is 42.5 Å². The summed E-state index contributed by atoms with van der Waals surface area (Å²) in [6, 6.07) is 7.68. The number of imidazole rings is 1. The Morgan fingerprint density at radius 3 is 2.39 bits per heavy atom. The molecule has 31 heavy (non-hydrogen) atoms. The molecule has 0 saturated heterocycles. The van der Waals surface area contributed by atoms with Crippen molar-refractivity contribution >= 4 is 33.1 Å². The van der Waals surface area contributed by atoms with Gasteiger partial charge in [-0.15, -0.1) is 4.73 Å². The smallest absolute Gasteiger partial charge is 0.368 e. The summed E-state index contributed by atoms with van der Waals surface area (Å²) in [6.45, 7) is 0. The van der Waals surface area contributed by atoms with Crippen molar-refractivity contribution in [3.63, 3.8) is 0 Å². The Kier molecular flexibility index (Phi) is 5.50. The molecule has 1 aromatic heterocycles. The van der Waals surface area contributed by atoms with Gasteiger partial charge in [0.15, 0.2) is 5.82 Å². The molecule has 10 nitrogen and oxygen atoms in total. The zero-order chi connectivity index (χ0) is 23.0. The number of guanidine groups is 1. The van der Waals surface area contributed by atoms with Crippen LogP contribution < -0.4 is 15.5 Å². The second kappa shape index (κ2) is 7.79. The highest BCUT2D eigenvalue weighted by Crippen LogP contribution is 2.31. The maximum absolute atomic E-state index is 12.8. The number of nitrogens with two attached hydrogens (primary N) is 1. The molecule has 0 amide bonds. The minimum Gasteiger partial charge on any atom is -0.368 e. The van der Waals surface area contributed by atoms with E-state index in [1.807, 2.05) is 5.48 Å². The van der Waals surface area contributed by atoms with E-state index in [1.54, 1.807) is 0 Å².